The van der Waals surface area contributed by atoms with Crippen LogP contribution in [0, 0.1) is 11.7 Å². The van der Waals surface area contributed by atoms with Gasteiger partial charge in [0, 0.05) is 19.0 Å². The minimum Gasteiger partial charge on any atom is -0.393 e. The molecule has 0 saturated carbocycles. The van der Waals surface area contributed by atoms with Crippen molar-refractivity contribution in [1.29, 1.82) is 0 Å². The van der Waals surface area contributed by atoms with Gasteiger partial charge in [-0.15, -0.1) is 0 Å². The maximum Gasteiger partial charge on any atom is 0.141 e. The van der Waals surface area contributed by atoms with E-state index in [1.165, 1.54) is 6.07 Å². The minimum atomic E-state index is -0.389. The summed E-state index contributed by atoms with van der Waals surface area (Å²) in [5.74, 6) is -0.226. The quantitative estimate of drug-likeness (QED) is 0.815. The SMILES string of the molecule is CCN(Cc1ccc(F)c(Cl)c1)CC(C)C(N)=S. The second-order valence-electron chi connectivity index (χ2n) is 4.38. The van der Waals surface area contributed by atoms with Gasteiger partial charge in [-0.05, 0) is 24.2 Å². The van der Waals surface area contributed by atoms with Crippen molar-refractivity contribution in [3.8, 4) is 0 Å². The number of rotatable bonds is 6. The van der Waals surface area contributed by atoms with Gasteiger partial charge in [-0.2, -0.15) is 0 Å². The largest absolute Gasteiger partial charge is 0.393 e. The van der Waals surface area contributed by atoms with Crippen molar-refractivity contribution in [3.05, 3.63) is 34.6 Å². The fraction of sp³-hybridized carbons (Fsp3) is 0.462. The number of thiocarbonyl (C=S) groups is 1. The molecular formula is C13H18ClFN2S. The first-order chi connectivity index (χ1) is 8.43. The highest BCUT2D eigenvalue weighted by atomic mass is 35.5. The van der Waals surface area contributed by atoms with Gasteiger partial charge in [0.15, 0.2) is 0 Å². The molecule has 0 aliphatic carbocycles. The summed E-state index contributed by atoms with van der Waals surface area (Å²) in [7, 11) is 0. The Morgan fingerprint density at radius 1 is 1.56 bits per heavy atom. The summed E-state index contributed by atoms with van der Waals surface area (Å²) in [5, 5.41) is 0.158. The van der Waals surface area contributed by atoms with Crippen molar-refractivity contribution < 1.29 is 4.39 Å². The molecule has 2 nitrogen and oxygen atoms in total. The lowest BCUT2D eigenvalue weighted by molar-refractivity contribution is 0.264. The average molecular weight is 289 g/mol. The van der Waals surface area contributed by atoms with Crippen LogP contribution in [-0.4, -0.2) is 23.0 Å². The Labute approximate surface area is 118 Å². The van der Waals surface area contributed by atoms with Crippen LogP contribution in [0.1, 0.15) is 19.4 Å². The third-order valence-electron chi connectivity index (χ3n) is 2.86. The monoisotopic (exact) mass is 288 g/mol. The molecule has 0 radical (unpaired) electrons. The van der Waals surface area contributed by atoms with Gasteiger partial charge in [0.1, 0.15) is 5.82 Å². The van der Waals surface area contributed by atoms with E-state index < -0.39 is 0 Å². The van der Waals surface area contributed by atoms with Gasteiger partial charge in [0.25, 0.3) is 0 Å². The number of hydrogen-bond donors (Lipinski definition) is 1. The van der Waals surface area contributed by atoms with E-state index >= 15 is 0 Å². The molecule has 0 fully saturated rings. The van der Waals surface area contributed by atoms with E-state index in [0.29, 0.717) is 11.5 Å². The van der Waals surface area contributed by atoms with Gasteiger partial charge < -0.3 is 5.73 Å². The maximum atomic E-state index is 13.1. The summed E-state index contributed by atoms with van der Waals surface area (Å²) in [6.45, 7) is 6.45. The molecule has 2 N–H and O–H groups in total. The highest BCUT2D eigenvalue weighted by Gasteiger charge is 2.12. The Morgan fingerprint density at radius 3 is 2.72 bits per heavy atom. The van der Waals surface area contributed by atoms with Crippen molar-refractivity contribution in [2.75, 3.05) is 13.1 Å². The number of benzene rings is 1. The second kappa shape index (κ2) is 7.02. The molecule has 1 aromatic rings. The first-order valence-electron chi connectivity index (χ1n) is 5.89. The molecule has 1 unspecified atom stereocenters. The third kappa shape index (κ3) is 4.52. The van der Waals surface area contributed by atoms with Crippen LogP contribution in [0.4, 0.5) is 4.39 Å². The molecule has 0 aliphatic rings. The lowest BCUT2D eigenvalue weighted by atomic mass is 10.1. The van der Waals surface area contributed by atoms with E-state index in [1.54, 1.807) is 12.1 Å². The summed E-state index contributed by atoms with van der Waals surface area (Å²) in [5.41, 5.74) is 6.60. The van der Waals surface area contributed by atoms with E-state index in [1.807, 2.05) is 6.92 Å². The smallest absolute Gasteiger partial charge is 0.141 e. The van der Waals surface area contributed by atoms with Crippen molar-refractivity contribution in [3.63, 3.8) is 0 Å². The predicted molar refractivity (Wildman–Crippen MR) is 78.3 cm³/mol. The van der Waals surface area contributed by atoms with E-state index in [4.69, 9.17) is 29.6 Å². The van der Waals surface area contributed by atoms with Crippen LogP contribution in [0.5, 0.6) is 0 Å². The topological polar surface area (TPSA) is 29.3 Å². The molecule has 0 aliphatic heterocycles. The van der Waals surface area contributed by atoms with Crippen LogP contribution in [0.3, 0.4) is 0 Å². The molecule has 1 rings (SSSR count). The molecule has 1 atom stereocenters. The molecule has 0 bridgehead atoms. The Hall–Kier alpha value is -0.710. The van der Waals surface area contributed by atoms with Crippen LogP contribution < -0.4 is 5.73 Å². The van der Waals surface area contributed by atoms with Gasteiger partial charge in [-0.1, -0.05) is 43.7 Å². The number of hydrogen-bond acceptors (Lipinski definition) is 2. The summed E-state index contributed by atoms with van der Waals surface area (Å²) >= 11 is 10.7. The van der Waals surface area contributed by atoms with Crippen LogP contribution in [0.2, 0.25) is 5.02 Å². The van der Waals surface area contributed by atoms with Gasteiger partial charge >= 0.3 is 0 Å². The summed E-state index contributed by atoms with van der Waals surface area (Å²) in [6, 6.07) is 4.79. The molecule has 1 aromatic carbocycles. The Morgan fingerprint density at radius 2 is 2.22 bits per heavy atom. The van der Waals surface area contributed by atoms with Crippen molar-refractivity contribution in [2.45, 2.75) is 20.4 Å². The average Bonchev–Trinajstić information content (AvgIpc) is 2.32. The van der Waals surface area contributed by atoms with Gasteiger partial charge in [-0.3, -0.25) is 4.90 Å². The zero-order valence-electron chi connectivity index (χ0n) is 10.6. The molecule has 0 heterocycles. The normalized spacial score (nSPS) is 12.7. The highest BCUT2D eigenvalue weighted by molar-refractivity contribution is 7.80. The standard InChI is InChI=1S/C13H18ClFN2S/c1-3-17(7-9(2)13(16)18)8-10-4-5-12(15)11(14)6-10/h4-6,9H,3,7-8H2,1-2H3,(H2,16,18). The van der Waals surface area contributed by atoms with E-state index in [9.17, 15) is 4.39 Å². The molecule has 0 amide bonds. The number of nitrogens with zero attached hydrogens (tertiary/aromatic N) is 1. The first-order valence-corrected chi connectivity index (χ1v) is 6.68. The fourth-order valence-electron chi connectivity index (χ4n) is 1.68. The zero-order chi connectivity index (χ0) is 13.7. The third-order valence-corrected chi connectivity index (χ3v) is 3.55. The van der Waals surface area contributed by atoms with Crippen molar-refractivity contribution >= 4 is 28.8 Å². The Kier molecular flexibility index (Phi) is 5.99. The molecular weight excluding hydrogens is 271 g/mol. The zero-order valence-corrected chi connectivity index (χ0v) is 12.2. The predicted octanol–water partition coefficient (Wildman–Crippen LogP) is 3.22. The lowest BCUT2D eigenvalue weighted by Gasteiger charge is -2.23. The lowest BCUT2D eigenvalue weighted by Crippen LogP contribution is -2.33. The molecule has 0 aromatic heterocycles. The Balaban J connectivity index is 2.67. The van der Waals surface area contributed by atoms with Crippen LogP contribution in [-0.2, 0) is 6.54 Å². The molecule has 0 spiro atoms. The van der Waals surface area contributed by atoms with Crippen molar-refractivity contribution in [1.82, 2.24) is 4.90 Å². The molecule has 100 valence electrons. The van der Waals surface area contributed by atoms with Crippen LogP contribution in [0.15, 0.2) is 18.2 Å². The summed E-state index contributed by atoms with van der Waals surface area (Å²) < 4.78 is 13.1. The Bertz CT molecular complexity index is 425. The molecule has 0 saturated heterocycles. The number of halogens is 2. The van der Waals surface area contributed by atoms with Gasteiger partial charge in [0.05, 0.1) is 10.0 Å². The maximum absolute atomic E-state index is 13.1. The van der Waals surface area contributed by atoms with E-state index in [-0.39, 0.29) is 16.8 Å². The van der Waals surface area contributed by atoms with Crippen LogP contribution >= 0.6 is 23.8 Å². The highest BCUT2D eigenvalue weighted by Crippen LogP contribution is 2.17. The van der Waals surface area contributed by atoms with E-state index in [0.717, 1.165) is 18.7 Å². The van der Waals surface area contributed by atoms with Gasteiger partial charge in [0.2, 0.25) is 0 Å². The van der Waals surface area contributed by atoms with Crippen molar-refractivity contribution in [2.24, 2.45) is 11.7 Å². The molecule has 18 heavy (non-hydrogen) atoms. The summed E-state index contributed by atoms with van der Waals surface area (Å²) in [4.78, 5) is 2.72. The van der Waals surface area contributed by atoms with E-state index in [2.05, 4.69) is 11.8 Å². The second-order valence-corrected chi connectivity index (χ2v) is 5.26. The summed E-state index contributed by atoms with van der Waals surface area (Å²) in [6.07, 6.45) is 0. The number of nitrogens with two attached hydrogens (primary N) is 1. The van der Waals surface area contributed by atoms with Crippen LogP contribution in [0.25, 0.3) is 0 Å². The first kappa shape index (κ1) is 15.3. The minimum absolute atomic E-state index is 0.158. The molecule has 5 heteroatoms. The fourth-order valence-corrected chi connectivity index (χ4v) is 1.96. The van der Waals surface area contributed by atoms with Gasteiger partial charge in [-0.25, -0.2) is 4.39 Å².